The standard InChI is InChI=1S/C16H14O3/c1-12(2)14-10-6-7-11-15(14)19-16(17)18-13-8-4-3-5-9-13/h3-11H,1H2,2H3. The van der Waals surface area contributed by atoms with Gasteiger partial charge in [-0.15, -0.1) is 0 Å². The number of carbonyl (C=O) groups excluding carboxylic acids is 1. The van der Waals surface area contributed by atoms with Crippen molar-refractivity contribution < 1.29 is 14.3 Å². The summed E-state index contributed by atoms with van der Waals surface area (Å²) in [4.78, 5) is 11.7. The van der Waals surface area contributed by atoms with E-state index in [2.05, 4.69) is 6.58 Å². The molecule has 0 saturated carbocycles. The van der Waals surface area contributed by atoms with Crippen LogP contribution in [-0.4, -0.2) is 6.16 Å². The first-order valence-electron chi connectivity index (χ1n) is 5.86. The summed E-state index contributed by atoms with van der Waals surface area (Å²) in [6.45, 7) is 5.70. The maximum Gasteiger partial charge on any atom is 0.519 e. The van der Waals surface area contributed by atoms with E-state index in [1.54, 1.807) is 36.4 Å². The highest BCUT2D eigenvalue weighted by molar-refractivity contribution is 5.73. The second-order valence-corrected chi connectivity index (χ2v) is 4.04. The molecule has 0 aliphatic carbocycles. The van der Waals surface area contributed by atoms with Crippen molar-refractivity contribution in [1.82, 2.24) is 0 Å². The van der Waals surface area contributed by atoms with Crippen molar-refractivity contribution in [3.8, 4) is 11.5 Å². The summed E-state index contributed by atoms with van der Waals surface area (Å²) in [6, 6.07) is 16.0. The monoisotopic (exact) mass is 254 g/mol. The molecule has 0 N–H and O–H groups in total. The molecule has 0 aromatic heterocycles. The van der Waals surface area contributed by atoms with Gasteiger partial charge in [-0.1, -0.05) is 43.0 Å². The topological polar surface area (TPSA) is 35.5 Å². The lowest BCUT2D eigenvalue weighted by molar-refractivity contribution is 0.151. The van der Waals surface area contributed by atoms with E-state index in [0.717, 1.165) is 11.1 Å². The Labute approximate surface area is 112 Å². The average Bonchev–Trinajstić information content (AvgIpc) is 2.40. The van der Waals surface area contributed by atoms with E-state index < -0.39 is 6.16 Å². The van der Waals surface area contributed by atoms with Crippen LogP contribution in [0.2, 0.25) is 0 Å². The van der Waals surface area contributed by atoms with Crippen molar-refractivity contribution in [2.45, 2.75) is 6.92 Å². The minimum absolute atomic E-state index is 0.441. The van der Waals surface area contributed by atoms with Crippen LogP contribution in [0, 0.1) is 0 Å². The van der Waals surface area contributed by atoms with Crippen LogP contribution >= 0.6 is 0 Å². The van der Waals surface area contributed by atoms with E-state index >= 15 is 0 Å². The molecule has 96 valence electrons. The van der Waals surface area contributed by atoms with Crippen LogP contribution in [0.4, 0.5) is 4.79 Å². The number of allylic oxidation sites excluding steroid dienone is 1. The van der Waals surface area contributed by atoms with E-state index in [4.69, 9.17) is 9.47 Å². The van der Waals surface area contributed by atoms with Gasteiger partial charge in [0.25, 0.3) is 0 Å². The molecule has 2 aromatic rings. The maximum atomic E-state index is 11.7. The molecular weight excluding hydrogens is 240 g/mol. The van der Waals surface area contributed by atoms with Gasteiger partial charge in [0, 0.05) is 5.56 Å². The van der Waals surface area contributed by atoms with Gasteiger partial charge in [0.2, 0.25) is 0 Å². The molecule has 0 saturated heterocycles. The summed E-state index contributed by atoms with van der Waals surface area (Å²) in [7, 11) is 0. The van der Waals surface area contributed by atoms with Gasteiger partial charge in [0.15, 0.2) is 0 Å². The zero-order valence-corrected chi connectivity index (χ0v) is 10.6. The molecule has 0 aliphatic rings. The molecule has 0 atom stereocenters. The molecule has 3 heteroatoms. The van der Waals surface area contributed by atoms with Crippen LogP contribution in [0.25, 0.3) is 5.57 Å². The van der Waals surface area contributed by atoms with Gasteiger partial charge in [0.05, 0.1) is 0 Å². The zero-order valence-electron chi connectivity index (χ0n) is 10.6. The molecule has 2 rings (SSSR count). The number of carbonyl (C=O) groups is 1. The second-order valence-electron chi connectivity index (χ2n) is 4.04. The minimum atomic E-state index is -0.764. The summed E-state index contributed by atoms with van der Waals surface area (Å²) in [6.07, 6.45) is -0.764. The highest BCUT2D eigenvalue weighted by Gasteiger charge is 2.11. The third kappa shape index (κ3) is 3.45. The minimum Gasteiger partial charge on any atom is -0.395 e. The Morgan fingerprint density at radius 2 is 1.58 bits per heavy atom. The Morgan fingerprint density at radius 3 is 2.26 bits per heavy atom. The van der Waals surface area contributed by atoms with Crippen LogP contribution in [0.1, 0.15) is 12.5 Å². The van der Waals surface area contributed by atoms with Gasteiger partial charge in [-0.25, -0.2) is 4.79 Å². The molecule has 19 heavy (non-hydrogen) atoms. The summed E-state index contributed by atoms with van der Waals surface area (Å²) >= 11 is 0. The fourth-order valence-corrected chi connectivity index (χ4v) is 1.60. The van der Waals surface area contributed by atoms with Gasteiger partial charge in [0.1, 0.15) is 11.5 Å². The number of hydrogen-bond donors (Lipinski definition) is 0. The quantitative estimate of drug-likeness (QED) is 0.605. The Morgan fingerprint density at radius 1 is 0.947 bits per heavy atom. The first kappa shape index (κ1) is 12.9. The Bertz CT molecular complexity index is 588. The number of hydrogen-bond acceptors (Lipinski definition) is 3. The van der Waals surface area contributed by atoms with Crippen molar-refractivity contribution in [2.75, 3.05) is 0 Å². The van der Waals surface area contributed by atoms with Crippen molar-refractivity contribution >= 4 is 11.7 Å². The van der Waals surface area contributed by atoms with Crippen LogP contribution in [0.15, 0.2) is 61.2 Å². The van der Waals surface area contributed by atoms with E-state index in [0.29, 0.717) is 11.5 Å². The highest BCUT2D eigenvalue weighted by Crippen LogP contribution is 2.24. The molecule has 0 aliphatic heterocycles. The number of para-hydroxylation sites is 2. The molecule has 0 radical (unpaired) electrons. The third-order valence-electron chi connectivity index (χ3n) is 2.48. The Kier molecular flexibility index (Phi) is 3.98. The second kappa shape index (κ2) is 5.87. The lowest BCUT2D eigenvalue weighted by Crippen LogP contribution is -2.14. The largest absolute Gasteiger partial charge is 0.519 e. The third-order valence-corrected chi connectivity index (χ3v) is 2.48. The van der Waals surface area contributed by atoms with Crippen molar-refractivity contribution in [3.63, 3.8) is 0 Å². The van der Waals surface area contributed by atoms with Gasteiger partial charge in [-0.3, -0.25) is 0 Å². The lowest BCUT2D eigenvalue weighted by atomic mass is 10.1. The Hall–Kier alpha value is -2.55. The first-order chi connectivity index (χ1) is 9.16. The number of ether oxygens (including phenoxy) is 2. The molecule has 0 spiro atoms. The van der Waals surface area contributed by atoms with E-state index in [1.807, 2.05) is 25.1 Å². The SMILES string of the molecule is C=C(C)c1ccccc1OC(=O)Oc1ccccc1. The number of rotatable bonds is 3. The maximum absolute atomic E-state index is 11.7. The summed E-state index contributed by atoms with van der Waals surface area (Å²) in [5, 5.41) is 0. The summed E-state index contributed by atoms with van der Waals surface area (Å²) < 4.78 is 10.3. The molecule has 0 bridgehead atoms. The van der Waals surface area contributed by atoms with Crippen molar-refractivity contribution in [1.29, 1.82) is 0 Å². The first-order valence-corrected chi connectivity index (χ1v) is 5.86. The van der Waals surface area contributed by atoms with E-state index in [1.165, 1.54) is 0 Å². The molecule has 0 fully saturated rings. The van der Waals surface area contributed by atoms with Crippen LogP contribution in [0.3, 0.4) is 0 Å². The van der Waals surface area contributed by atoms with Crippen LogP contribution in [-0.2, 0) is 0 Å². The molecule has 0 amide bonds. The van der Waals surface area contributed by atoms with E-state index in [-0.39, 0.29) is 0 Å². The fourth-order valence-electron chi connectivity index (χ4n) is 1.60. The number of benzene rings is 2. The summed E-state index contributed by atoms with van der Waals surface area (Å²) in [5.74, 6) is 0.885. The predicted octanol–water partition coefficient (Wildman–Crippen LogP) is 4.30. The highest BCUT2D eigenvalue weighted by atomic mass is 16.7. The zero-order chi connectivity index (χ0) is 13.7. The van der Waals surface area contributed by atoms with E-state index in [9.17, 15) is 4.79 Å². The molecule has 3 nitrogen and oxygen atoms in total. The predicted molar refractivity (Wildman–Crippen MR) is 74.2 cm³/mol. The van der Waals surface area contributed by atoms with Gasteiger partial charge in [-0.2, -0.15) is 0 Å². The molecule has 0 heterocycles. The normalized spacial score (nSPS) is 9.74. The van der Waals surface area contributed by atoms with Gasteiger partial charge in [-0.05, 0) is 30.7 Å². The lowest BCUT2D eigenvalue weighted by Gasteiger charge is -2.09. The van der Waals surface area contributed by atoms with Crippen LogP contribution in [0.5, 0.6) is 11.5 Å². The van der Waals surface area contributed by atoms with Crippen molar-refractivity contribution in [2.24, 2.45) is 0 Å². The smallest absolute Gasteiger partial charge is 0.395 e. The average molecular weight is 254 g/mol. The fraction of sp³-hybridized carbons (Fsp3) is 0.0625. The molecular formula is C16H14O3. The Balaban J connectivity index is 2.09. The summed E-state index contributed by atoms with van der Waals surface area (Å²) in [5.41, 5.74) is 1.61. The molecule has 2 aromatic carbocycles. The van der Waals surface area contributed by atoms with Crippen LogP contribution < -0.4 is 9.47 Å². The van der Waals surface area contributed by atoms with Gasteiger partial charge >= 0.3 is 6.16 Å². The van der Waals surface area contributed by atoms with Gasteiger partial charge < -0.3 is 9.47 Å². The molecule has 0 unspecified atom stereocenters. The van der Waals surface area contributed by atoms with Crippen molar-refractivity contribution in [3.05, 3.63) is 66.7 Å².